The van der Waals surface area contributed by atoms with Crippen LogP contribution in [-0.2, 0) is 0 Å². The Kier molecular flexibility index (Phi) is 6.54. The largest absolute Gasteiger partial charge is 0.335 e. The van der Waals surface area contributed by atoms with E-state index in [1.54, 1.807) is 6.08 Å². The fourth-order valence-electron chi connectivity index (χ4n) is 0.235. The number of hydrogen-bond donors (Lipinski definition) is 1. The summed E-state index contributed by atoms with van der Waals surface area (Å²) in [6.07, 6.45) is 9.23. The molecule has 0 saturated carbocycles. The van der Waals surface area contributed by atoms with E-state index in [0.717, 1.165) is 0 Å². The van der Waals surface area contributed by atoms with Crippen LogP contribution in [-0.4, -0.2) is 0 Å². The molecule has 0 radical (unpaired) electrons. The maximum Gasteiger partial charge on any atom is 0.0555 e. The zero-order chi connectivity index (χ0) is 6.24. The molecule has 0 bridgehead atoms. The van der Waals surface area contributed by atoms with E-state index in [-0.39, 0.29) is 0 Å². The van der Waals surface area contributed by atoms with E-state index < -0.39 is 0 Å². The highest BCUT2D eigenvalue weighted by Crippen LogP contribution is 1.76. The summed E-state index contributed by atoms with van der Waals surface area (Å²) in [5.74, 6) is 0. The Morgan fingerprint density at radius 3 is 2.50 bits per heavy atom. The van der Waals surface area contributed by atoms with Crippen LogP contribution in [0.4, 0.5) is 0 Å². The molecule has 0 aromatic carbocycles. The minimum atomic E-state index is 1.73. The van der Waals surface area contributed by atoms with Crippen molar-refractivity contribution in [3.05, 3.63) is 37.1 Å². The van der Waals surface area contributed by atoms with Crippen LogP contribution in [0, 0.1) is 0 Å². The maximum atomic E-state index is 3.52. The second-order valence-electron chi connectivity index (χ2n) is 1.09. The number of rotatable bonds is 3. The molecule has 0 heterocycles. The van der Waals surface area contributed by atoms with Gasteiger partial charge in [-0.05, 0) is 6.08 Å². The van der Waals surface area contributed by atoms with Gasteiger partial charge in [-0.1, -0.05) is 24.8 Å². The minimum absolute atomic E-state index is 1.73. The van der Waals surface area contributed by atoms with E-state index in [0.29, 0.717) is 0 Å². The minimum Gasteiger partial charge on any atom is -0.335 e. The van der Waals surface area contributed by atoms with Gasteiger partial charge in [0.05, 0.1) is 22.9 Å². The molecule has 0 aliphatic carbocycles. The Morgan fingerprint density at radius 1 is 1.25 bits per heavy atom. The molecule has 0 aliphatic rings. The number of halogens is 1. The molecule has 0 atom stereocenters. The highest BCUT2D eigenvalue weighted by molar-refractivity contribution is 14.1. The van der Waals surface area contributed by atoms with Gasteiger partial charge in [0.15, 0.2) is 0 Å². The van der Waals surface area contributed by atoms with E-state index in [9.17, 15) is 0 Å². The molecule has 1 N–H and O–H groups in total. The predicted octanol–water partition coefficient (Wildman–Crippen LogP) is 2.18. The lowest BCUT2D eigenvalue weighted by atomic mass is 10.5. The Bertz CT molecular complexity index is 105. The van der Waals surface area contributed by atoms with E-state index >= 15 is 0 Å². The fraction of sp³-hybridized carbons (Fsp3) is 0. The van der Waals surface area contributed by atoms with Crippen LogP contribution < -0.4 is 3.53 Å². The Hall–Kier alpha value is -0.250. The predicted molar refractivity (Wildman–Crippen MR) is 45.6 cm³/mol. The molecule has 0 aromatic heterocycles. The molecule has 8 heavy (non-hydrogen) atoms. The van der Waals surface area contributed by atoms with E-state index in [1.165, 1.54) is 0 Å². The summed E-state index contributed by atoms with van der Waals surface area (Å²) >= 11 is 2.04. The van der Waals surface area contributed by atoms with Crippen LogP contribution in [0.2, 0.25) is 0 Å². The maximum absolute atomic E-state index is 3.52. The average molecular weight is 221 g/mol. The van der Waals surface area contributed by atoms with Crippen LogP contribution >= 0.6 is 22.9 Å². The summed E-state index contributed by atoms with van der Waals surface area (Å²) in [5, 5.41) is 0. The molecule has 1 nitrogen and oxygen atoms in total. The third-order valence-corrected chi connectivity index (χ3v) is 0.877. The lowest BCUT2D eigenvalue weighted by molar-refractivity contribution is 1.49. The molecule has 0 spiro atoms. The summed E-state index contributed by atoms with van der Waals surface area (Å²) in [4.78, 5) is 0. The van der Waals surface area contributed by atoms with Crippen molar-refractivity contribution in [2.45, 2.75) is 0 Å². The monoisotopic (exact) mass is 221 g/mol. The first-order chi connectivity index (χ1) is 3.91. The van der Waals surface area contributed by atoms with Crippen molar-refractivity contribution in [3.8, 4) is 0 Å². The van der Waals surface area contributed by atoms with Crippen LogP contribution in [0.3, 0.4) is 0 Å². The third-order valence-electron chi connectivity index (χ3n) is 0.518. The summed E-state index contributed by atoms with van der Waals surface area (Å²) in [5.41, 5.74) is 0. The van der Waals surface area contributed by atoms with Gasteiger partial charge in [-0.3, -0.25) is 0 Å². The topological polar surface area (TPSA) is 12.0 Å². The first-order valence-electron chi connectivity index (χ1n) is 2.22. The number of hydrogen-bond acceptors (Lipinski definition) is 1. The Labute approximate surface area is 63.7 Å². The molecular weight excluding hydrogens is 213 g/mol. The van der Waals surface area contributed by atoms with Crippen molar-refractivity contribution in [3.63, 3.8) is 0 Å². The van der Waals surface area contributed by atoms with Gasteiger partial charge in [0.25, 0.3) is 0 Å². The van der Waals surface area contributed by atoms with Gasteiger partial charge in [-0.15, -0.1) is 0 Å². The Morgan fingerprint density at radius 2 is 2.00 bits per heavy atom. The molecule has 0 saturated heterocycles. The zero-order valence-electron chi connectivity index (χ0n) is 4.47. The highest BCUT2D eigenvalue weighted by atomic mass is 127. The average Bonchev–Trinajstić information content (AvgIpc) is 1.81. The van der Waals surface area contributed by atoms with Crippen molar-refractivity contribution < 1.29 is 0 Å². The lowest BCUT2D eigenvalue weighted by Gasteiger charge is -1.75. The van der Waals surface area contributed by atoms with Gasteiger partial charge in [0.1, 0.15) is 0 Å². The van der Waals surface area contributed by atoms with Crippen molar-refractivity contribution in [1.29, 1.82) is 0 Å². The fourth-order valence-corrected chi connectivity index (χ4v) is 0.442. The number of nitrogens with one attached hydrogen (secondary N) is 1. The van der Waals surface area contributed by atoms with Gasteiger partial charge in [0, 0.05) is 6.20 Å². The summed E-state index contributed by atoms with van der Waals surface area (Å²) in [6, 6.07) is 0. The Balaban J connectivity index is 3.26. The quantitative estimate of drug-likeness (QED) is 0.437. The van der Waals surface area contributed by atoms with Crippen molar-refractivity contribution >= 4 is 22.9 Å². The highest BCUT2D eigenvalue weighted by Gasteiger charge is 1.57. The van der Waals surface area contributed by atoms with Gasteiger partial charge in [0.2, 0.25) is 0 Å². The molecule has 0 unspecified atom stereocenters. The molecule has 0 aromatic rings. The molecule has 0 amide bonds. The van der Waals surface area contributed by atoms with Crippen LogP contribution in [0.5, 0.6) is 0 Å². The molecule has 0 rings (SSSR count). The normalized spacial score (nSPS) is 10.6. The SMILES string of the molecule is C=C/C=C\C=C\NI. The summed E-state index contributed by atoms with van der Waals surface area (Å²) in [7, 11) is 0. The standard InChI is InChI=1S/C6H8IN/c1-2-3-4-5-6-8-7/h2-6,8H,1H2/b4-3-,6-5+. The summed E-state index contributed by atoms with van der Waals surface area (Å²) < 4.78 is 2.83. The smallest absolute Gasteiger partial charge is 0.0555 e. The molecule has 44 valence electrons. The van der Waals surface area contributed by atoms with E-state index in [1.807, 2.05) is 47.3 Å². The van der Waals surface area contributed by atoms with Gasteiger partial charge < -0.3 is 3.53 Å². The second-order valence-corrected chi connectivity index (χ2v) is 1.71. The molecule has 2 heteroatoms. The second kappa shape index (κ2) is 6.75. The van der Waals surface area contributed by atoms with Crippen molar-refractivity contribution in [2.75, 3.05) is 0 Å². The molecular formula is C6H8IN. The first kappa shape index (κ1) is 7.75. The molecule has 0 fully saturated rings. The van der Waals surface area contributed by atoms with Crippen LogP contribution in [0.1, 0.15) is 0 Å². The summed E-state index contributed by atoms with van der Waals surface area (Å²) in [6.45, 7) is 3.52. The first-order valence-corrected chi connectivity index (χ1v) is 3.30. The van der Waals surface area contributed by atoms with Gasteiger partial charge in [-0.2, -0.15) is 0 Å². The van der Waals surface area contributed by atoms with Crippen molar-refractivity contribution in [2.24, 2.45) is 0 Å². The number of allylic oxidation sites excluding steroid dienone is 4. The van der Waals surface area contributed by atoms with Gasteiger partial charge in [-0.25, -0.2) is 0 Å². The van der Waals surface area contributed by atoms with Gasteiger partial charge >= 0.3 is 0 Å². The van der Waals surface area contributed by atoms with Crippen LogP contribution in [0.15, 0.2) is 37.1 Å². The zero-order valence-corrected chi connectivity index (χ0v) is 6.63. The molecule has 0 aliphatic heterocycles. The van der Waals surface area contributed by atoms with E-state index in [4.69, 9.17) is 0 Å². The van der Waals surface area contributed by atoms with Crippen LogP contribution in [0.25, 0.3) is 0 Å². The van der Waals surface area contributed by atoms with Crippen molar-refractivity contribution in [1.82, 2.24) is 3.53 Å². The third kappa shape index (κ3) is 5.75. The lowest BCUT2D eigenvalue weighted by Crippen LogP contribution is -1.75. The van der Waals surface area contributed by atoms with E-state index in [2.05, 4.69) is 10.1 Å².